The van der Waals surface area contributed by atoms with E-state index in [1.165, 1.54) is 5.38 Å². The molecule has 2 rings (SSSR count). The fraction of sp³-hybridized carbons (Fsp3) is 0.182. The van der Waals surface area contributed by atoms with E-state index in [-0.39, 0.29) is 26.9 Å². The third-order valence-corrected chi connectivity index (χ3v) is 5.10. The topological polar surface area (TPSA) is 99.3 Å². The number of aliphatic hydroxyl groups excluding tert-OH is 1. The van der Waals surface area contributed by atoms with Crippen molar-refractivity contribution in [2.75, 3.05) is 0 Å². The van der Waals surface area contributed by atoms with Gasteiger partial charge in [0.15, 0.2) is 0 Å². The van der Waals surface area contributed by atoms with Crippen LogP contribution >= 0.6 is 22.9 Å². The van der Waals surface area contributed by atoms with E-state index < -0.39 is 22.4 Å². The summed E-state index contributed by atoms with van der Waals surface area (Å²) in [4.78, 5) is 12.7. The molecule has 3 N–H and O–H groups in total. The summed E-state index contributed by atoms with van der Waals surface area (Å²) in [6.45, 7) is -0.725. The molecule has 21 heavy (non-hydrogen) atoms. The maximum absolute atomic E-state index is 13.5. The first kappa shape index (κ1) is 16.1. The first-order chi connectivity index (χ1) is 9.83. The Balaban J connectivity index is 2.27. The normalized spacial score (nSPS) is 11.8. The van der Waals surface area contributed by atoms with Crippen molar-refractivity contribution < 1.29 is 17.9 Å². The van der Waals surface area contributed by atoms with Crippen molar-refractivity contribution in [3.63, 3.8) is 0 Å². The minimum absolute atomic E-state index is 0.0269. The fourth-order valence-electron chi connectivity index (χ4n) is 1.55. The molecule has 0 saturated carbocycles. The molecule has 0 unspecified atom stereocenters. The van der Waals surface area contributed by atoms with E-state index in [9.17, 15) is 17.6 Å². The van der Waals surface area contributed by atoms with E-state index in [0.717, 1.165) is 23.5 Å². The van der Waals surface area contributed by atoms with Crippen molar-refractivity contribution in [1.29, 1.82) is 0 Å². The second-order valence-electron chi connectivity index (χ2n) is 4.03. The Morgan fingerprint density at radius 1 is 1.43 bits per heavy atom. The summed E-state index contributed by atoms with van der Waals surface area (Å²) < 4.78 is 39.9. The average Bonchev–Trinajstić information content (AvgIpc) is 2.85. The maximum Gasteiger partial charge on any atom is 0.304 e. The van der Waals surface area contributed by atoms with Crippen LogP contribution in [0.3, 0.4) is 0 Å². The Kier molecular flexibility index (Phi) is 4.79. The van der Waals surface area contributed by atoms with Crippen LogP contribution in [0.2, 0.25) is 5.02 Å². The summed E-state index contributed by atoms with van der Waals surface area (Å²) in [5.41, 5.74) is 0.367. The van der Waals surface area contributed by atoms with Gasteiger partial charge in [-0.15, -0.1) is 0 Å². The van der Waals surface area contributed by atoms with Gasteiger partial charge < -0.3 is 10.1 Å². The summed E-state index contributed by atoms with van der Waals surface area (Å²) in [7, 11) is -4.00. The monoisotopic (exact) mass is 352 g/mol. The van der Waals surface area contributed by atoms with Crippen LogP contribution in [0.1, 0.15) is 11.3 Å². The summed E-state index contributed by atoms with van der Waals surface area (Å²) in [5.74, 6) is -0.937. The number of aromatic amines is 1. The predicted molar refractivity (Wildman–Crippen MR) is 76.3 cm³/mol. The molecular weight excluding hydrogens is 343 g/mol. The largest absolute Gasteiger partial charge is 0.392 e. The lowest BCUT2D eigenvalue weighted by Gasteiger charge is -2.09. The Labute approximate surface area is 128 Å². The van der Waals surface area contributed by atoms with Gasteiger partial charge in [0.1, 0.15) is 5.82 Å². The van der Waals surface area contributed by atoms with Gasteiger partial charge >= 0.3 is 4.87 Å². The number of aliphatic hydroxyl groups is 1. The molecule has 0 fully saturated rings. The minimum Gasteiger partial charge on any atom is -0.392 e. The Morgan fingerprint density at radius 2 is 2.14 bits per heavy atom. The van der Waals surface area contributed by atoms with Gasteiger partial charge in [0.2, 0.25) is 10.0 Å². The zero-order valence-electron chi connectivity index (χ0n) is 10.4. The van der Waals surface area contributed by atoms with Crippen LogP contribution in [-0.4, -0.2) is 18.5 Å². The van der Waals surface area contributed by atoms with Gasteiger partial charge in [-0.3, -0.25) is 4.79 Å². The van der Waals surface area contributed by atoms with Crippen LogP contribution in [-0.2, 0) is 23.2 Å². The van der Waals surface area contributed by atoms with E-state index in [2.05, 4.69) is 9.71 Å². The molecule has 0 aliphatic rings. The number of halogens is 2. The number of aromatic nitrogens is 1. The molecule has 10 heteroatoms. The lowest BCUT2D eigenvalue weighted by Crippen LogP contribution is -2.24. The van der Waals surface area contributed by atoms with Crippen LogP contribution in [0.15, 0.2) is 27.2 Å². The van der Waals surface area contributed by atoms with Crippen molar-refractivity contribution >= 4 is 33.0 Å². The second kappa shape index (κ2) is 6.24. The van der Waals surface area contributed by atoms with Gasteiger partial charge in [0.25, 0.3) is 0 Å². The molecule has 1 aromatic heterocycles. The molecule has 6 nitrogen and oxygen atoms in total. The number of sulfonamides is 1. The van der Waals surface area contributed by atoms with Crippen molar-refractivity contribution in [2.45, 2.75) is 18.0 Å². The molecule has 0 bridgehead atoms. The summed E-state index contributed by atoms with van der Waals surface area (Å²) in [6.07, 6.45) is 0. The van der Waals surface area contributed by atoms with Crippen LogP contribution < -0.4 is 9.60 Å². The van der Waals surface area contributed by atoms with Crippen LogP contribution in [0.5, 0.6) is 0 Å². The quantitative estimate of drug-likeness (QED) is 0.752. The highest BCUT2D eigenvalue weighted by atomic mass is 35.5. The highest BCUT2D eigenvalue weighted by Crippen LogP contribution is 2.24. The molecular formula is C11H10ClFN2O4S2. The fourth-order valence-corrected chi connectivity index (χ4v) is 3.36. The molecule has 0 spiro atoms. The summed E-state index contributed by atoms with van der Waals surface area (Å²) in [6, 6.07) is 1.85. The smallest absolute Gasteiger partial charge is 0.304 e. The van der Waals surface area contributed by atoms with Gasteiger partial charge in [0.05, 0.1) is 23.1 Å². The first-order valence-electron chi connectivity index (χ1n) is 5.58. The molecule has 0 atom stereocenters. The average molecular weight is 353 g/mol. The van der Waals surface area contributed by atoms with Crippen molar-refractivity contribution in [3.05, 3.63) is 49.3 Å². The molecule has 1 heterocycles. The summed E-state index contributed by atoms with van der Waals surface area (Å²) in [5, 5.41) is 10.2. The Bertz CT molecular complexity index is 816. The molecule has 1 aromatic carbocycles. The number of benzene rings is 1. The Hall–Kier alpha value is -1.26. The third kappa shape index (κ3) is 3.69. The van der Waals surface area contributed by atoms with Gasteiger partial charge in [-0.05, 0) is 12.1 Å². The number of rotatable bonds is 5. The molecule has 0 amide bonds. The SMILES string of the molecule is O=c1[nH]c(CNS(=O)(=O)c2cc(F)c(Cl)c(CO)c2)cs1. The number of hydrogen-bond acceptors (Lipinski definition) is 5. The van der Waals surface area contributed by atoms with Crippen LogP contribution in [0.4, 0.5) is 4.39 Å². The van der Waals surface area contributed by atoms with E-state index in [0.29, 0.717) is 5.69 Å². The molecule has 2 aromatic rings. The number of hydrogen-bond donors (Lipinski definition) is 3. The number of thiazole rings is 1. The molecule has 0 aliphatic carbocycles. The van der Waals surface area contributed by atoms with Gasteiger partial charge in [-0.25, -0.2) is 17.5 Å². The Morgan fingerprint density at radius 3 is 2.71 bits per heavy atom. The van der Waals surface area contributed by atoms with Gasteiger partial charge in [-0.1, -0.05) is 22.9 Å². The molecule has 0 saturated heterocycles. The van der Waals surface area contributed by atoms with E-state index in [1.54, 1.807) is 0 Å². The van der Waals surface area contributed by atoms with Crippen molar-refractivity contribution in [1.82, 2.24) is 9.71 Å². The molecule has 0 radical (unpaired) electrons. The summed E-state index contributed by atoms with van der Waals surface area (Å²) >= 11 is 6.51. The molecule has 0 aliphatic heterocycles. The first-order valence-corrected chi connectivity index (χ1v) is 8.32. The maximum atomic E-state index is 13.5. The molecule has 114 valence electrons. The zero-order valence-corrected chi connectivity index (χ0v) is 12.8. The highest BCUT2D eigenvalue weighted by Gasteiger charge is 2.18. The lowest BCUT2D eigenvalue weighted by molar-refractivity contribution is 0.281. The van der Waals surface area contributed by atoms with Crippen molar-refractivity contribution in [2.24, 2.45) is 0 Å². The standard InChI is InChI=1S/C11H10ClFN2O4S2/c12-10-6(4-16)1-8(2-9(10)13)21(18,19)14-3-7-5-20-11(17)15-7/h1-2,5,14,16H,3-4H2,(H,15,17). The highest BCUT2D eigenvalue weighted by molar-refractivity contribution is 7.89. The number of nitrogens with one attached hydrogen (secondary N) is 2. The van der Waals surface area contributed by atoms with Crippen LogP contribution in [0, 0.1) is 5.82 Å². The van der Waals surface area contributed by atoms with E-state index in [4.69, 9.17) is 16.7 Å². The second-order valence-corrected chi connectivity index (χ2v) is 7.02. The zero-order chi connectivity index (χ0) is 15.6. The van der Waals surface area contributed by atoms with E-state index in [1.807, 2.05) is 0 Å². The van der Waals surface area contributed by atoms with Gasteiger partial charge in [-0.2, -0.15) is 0 Å². The number of H-pyrrole nitrogens is 1. The third-order valence-electron chi connectivity index (χ3n) is 2.58. The van der Waals surface area contributed by atoms with Crippen LogP contribution in [0.25, 0.3) is 0 Å². The van der Waals surface area contributed by atoms with Gasteiger partial charge in [0, 0.05) is 16.6 Å². The van der Waals surface area contributed by atoms with Crippen molar-refractivity contribution in [3.8, 4) is 0 Å². The van der Waals surface area contributed by atoms with E-state index >= 15 is 0 Å². The minimum atomic E-state index is -4.00. The lowest BCUT2D eigenvalue weighted by atomic mass is 10.2. The predicted octanol–water partition coefficient (Wildman–Crippen LogP) is 1.20.